The van der Waals surface area contributed by atoms with Crippen LogP contribution in [0.2, 0.25) is 5.15 Å². The number of aromatic nitrogens is 2. The van der Waals surface area contributed by atoms with Crippen molar-refractivity contribution in [3.63, 3.8) is 0 Å². The molecule has 0 saturated heterocycles. The summed E-state index contributed by atoms with van der Waals surface area (Å²) in [6, 6.07) is 8.09. The van der Waals surface area contributed by atoms with Crippen LogP contribution in [0, 0.1) is 0 Å². The first-order valence-electron chi connectivity index (χ1n) is 5.99. The number of nitrogens with one attached hydrogen (secondary N) is 1. The number of fused-ring (bicyclic) bond motifs is 1. The standard InChI is InChI=1S/C13H10ClN3O2S2/c14-12-4-1-9-7-10(2-3-11(9)17-12)21(18,19)16-8-13-15-5-6-20-13/h1-7,16H,8H2. The van der Waals surface area contributed by atoms with E-state index >= 15 is 0 Å². The first-order valence-corrected chi connectivity index (χ1v) is 8.73. The summed E-state index contributed by atoms with van der Waals surface area (Å²) in [6.45, 7) is 0.177. The van der Waals surface area contributed by atoms with Gasteiger partial charge in [-0.2, -0.15) is 0 Å². The largest absolute Gasteiger partial charge is 0.248 e. The van der Waals surface area contributed by atoms with Gasteiger partial charge in [0.25, 0.3) is 0 Å². The van der Waals surface area contributed by atoms with Gasteiger partial charge in [0, 0.05) is 17.0 Å². The van der Waals surface area contributed by atoms with E-state index in [1.54, 1.807) is 35.8 Å². The summed E-state index contributed by atoms with van der Waals surface area (Å²) in [6.07, 6.45) is 1.64. The van der Waals surface area contributed by atoms with Gasteiger partial charge in [0.2, 0.25) is 10.0 Å². The van der Waals surface area contributed by atoms with Crippen molar-refractivity contribution in [1.29, 1.82) is 0 Å². The Morgan fingerprint density at radius 1 is 1.24 bits per heavy atom. The maximum atomic E-state index is 12.3. The molecular formula is C13H10ClN3O2S2. The number of hydrogen-bond acceptors (Lipinski definition) is 5. The first kappa shape index (κ1) is 14.4. The van der Waals surface area contributed by atoms with Gasteiger partial charge < -0.3 is 0 Å². The van der Waals surface area contributed by atoms with Gasteiger partial charge >= 0.3 is 0 Å². The van der Waals surface area contributed by atoms with Crippen LogP contribution >= 0.6 is 22.9 Å². The number of thiazole rings is 1. The fourth-order valence-corrected chi connectivity index (χ4v) is 3.65. The summed E-state index contributed by atoms with van der Waals surface area (Å²) in [7, 11) is -3.58. The highest BCUT2D eigenvalue weighted by Gasteiger charge is 2.15. The van der Waals surface area contributed by atoms with Crippen molar-refractivity contribution in [2.24, 2.45) is 0 Å². The molecule has 3 aromatic rings. The molecule has 1 N–H and O–H groups in total. The highest BCUT2D eigenvalue weighted by molar-refractivity contribution is 7.89. The van der Waals surface area contributed by atoms with E-state index < -0.39 is 10.0 Å². The van der Waals surface area contributed by atoms with Crippen molar-refractivity contribution in [3.8, 4) is 0 Å². The van der Waals surface area contributed by atoms with Gasteiger partial charge in [-0.15, -0.1) is 11.3 Å². The van der Waals surface area contributed by atoms with Gasteiger partial charge in [-0.05, 0) is 30.3 Å². The lowest BCUT2D eigenvalue weighted by Crippen LogP contribution is -2.23. The number of hydrogen-bond donors (Lipinski definition) is 1. The van der Waals surface area contributed by atoms with Crippen molar-refractivity contribution >= 4 is 43.9 Å². The lowest BCUT2D eigenvalue weighted by atomic mass is 10.2. The minimum atomic E-state index is -3.58. The lowest BCUT2D eigenvalue weighted by molar-refractivity contribution is 0.581. The number of sulfonamides is 1. The quantitative estimate of drug-likeness (QED) is 0.742. The molecule has 0 radical (unpaired) electrons. The highest BCUT2D eigenvalue weighted by Crippen LogP contribution is 2.20. The molecule has 0 bridgehead atoms. The third-order valence-electron chi connectivity index (χ3n) is 2.83. The van der Waals surface area contributed by atoms with Crippen LogP contribution in [0.1, 0.15) is 5.01 Å². The molecule has 2 heterocycles. The molecule has 0 saturated carbocycles. The Labute approximate surface area is 130 Å². The van der Waals surface area contributed by atoms with Gasteiger partial charge in [-0.25, -0.2) is 23.1 Å². The topological polar surface area (TPSA) is 72.0 Å². The molecule has 1 aromatic carbocycles. The normalized spacial score (nSPS) is 11.9. The summed E-state index contributed by atoms with van der Waals surface area (Å²) < 4.78 is 27.0. The minimum Gasteiger partial charge on any atom is -0.248 e. The molecule has 0 spiro atoms. The van der Waals surface area contributed by atoms with Gasteiger partial charge in [0.1, 0.15) is 10.2 Å². The van der Waals surface area contributed by atoms with Crippen molar-refractivity contribution in [3.05, 3.63) is 52.1 Å². The third-order valence-corrected chi connectivity index (χ3v) is 5.22. The number of nitrogens with zero attached hydrogens (tertiary/aromatic N) is 2. The van der Waals surface area contributed by atoms with Crippen LogP contribution in [-0.4, -0.2) is 18.4 Å². The van der Waals surface area contributed by atoms with E-state index in [0.717, 1.165) is 5.39 Å². The van der Waals surface area contributed by atoms with Crippen molar-refractivity contribution in [1.82, 2.24) is 14.7 Å². The maximum absolute atomic E-state index is 12.3. The zero-order valence-electron chi connectivity index (χ0n) is 10.7. The smallest absolute Gasteiger partial charge is 0.240 e. The van der Waals surface area contributed by atoms with E-state index in [1.165, 1.54) is 17.4 Å². The highest BCUT2D eigenvalue weighted by atomic mass is 35.5. The average Bonchev–Trinajstić information content (AvgIpc) is 2.98. The minimum absolute atomic E-state index is 0.177. The van der Waals surface area contributed by atoms with E-state index in [1.807, 2.05) is 0 Å². The van der Waals surface area contributed by atoms with E-state index in [2.05, 4.69) is 14.7 Å². The lowest BCUT2D eigenvalue weighted by Gasteiger charge is -2.06. The van der Waals surface area contributed by atoms with Crippen LogP contribution in [-0.2, 0) is 16.6 Å². The van der Waals surface area contributed by atoms with E-state index in [-0.39, 0.29) is 11.4 Å². The van der Waals surface area contributed by atoms with Crippen LogP contribution in [0.4, 0.5) is 0 Å². The Kier molecular flexibility index (Phi) is 3.90. The van der Waals surface area contributed by atoms with Crippen molar-refractivity contribution < 1.29 is 8.42 Å². The molecule has 8 heteroatoms. The summed E-state index contributed by atoms with van der Waals surface area (Å²) in [5.74, 6) is 0. The summed E-state index contributed by atoms with van der Waals surface area (Å²) in [5, 5.41) is 3.61. The van der Waals surface area contributed by atoms with E-state index in [0.29, 0.717) is 15.7 Å². The van der Waals surface area contributed by atoms with Crippen LogP contribution in [0.15, 0.2) is 46.8 Å². The monoisotopic (exact) mass is 339 g/mol. The average molecular weight is 340 g/mol. The molecule has 3 rings (SSSR count). The number of halogens is 1. The predicted octanol–water partition coefficient (Wildman–Crippen LogP) is 2.82. The molecule has 5 nitrogen and oxygen atoms in total. The first-order chi connectivity index (χ1) is 10.0. The Balaban J connectivity index is 1.89. The Morgan fingerprint density at radius 3 is 2.86 bits per heavy atom. The fraction of sp³-hybridized carbons (Fsp3) is 0.0769. The Hall–Kier alpha value is -1.54. The predicted molar refractivity (Wildman–Crippen MR) is 82.9 cm³/mol. The molecule has 2 aromatic heterocycles. The molecule has 0 atom stereocenters. The molecule has 21 heavy (non-hydrogen) atoms. The molecule has 0 amide bonds. The Bertz CT molecular complexity index is 880. The van der Waals surface area contributed by atoms with Crippen LogP contribution in [0.25, 0.3) is 10.9 Å². The zero-order chi connectivity index (χ0) is 14.9. The maximum Gasteiger partial charge on any atom is 0.240 e. The molecule has 0 aliphatic carbocycles. The van der Waals surface area contributed by atoms with Gasteiger partial charge in [-0.3, -0.25) is 0 Å². The number of rotatable bonds is 4. The SMILES string of the molecule is O=S(=O)(NCc1nccs1)c1ccc2nc(Cl)ccc2c1. The van der Waals surface area contributed by atoms with Crippen LogP contribution in [0.3, 0.4) is 0 Å². The number of benzene rings is 1. The van der Waals surface area contributed by atoms with Crippen molar-refractivity contribution in [2.75, 3.05) is 0 Å². The Morgan fingerprint density at radius 2 is 2.10 bits per heavy atom. The second-order valence-corrected chi connectivity index (χ2v) is 7.37. The molecule has 0 aliphatic heterocycles. The van der Waals surface area contributed by atoms with Gasteiger partial charge in [0.05, 0.1) is 17.0 Å². The van der Waals surface area contributed by atoms with Gasteiger partial charge in [-0.1, -0.05) is 11.6 Å². The summed E-state index contributed by atoms with van der Waals surface area (Å²) in [4.78, 5) is 8.36. The fourth-order valence-electron chi connectivity index (χ4n) is 1.83. The zero-order valence-corrected chi connectivity index (χ0v) is 13.0. The van der Waals surface area contributed by atoms with Crippen molar-refractivity contribution in [2.45, 2.75) is 11.4 Å². The van der Waals surface area contributed by atoms with E-state index in [9.17, 15) is 8.42 Å². The third kappa shape index (κ3) is 3.21. The van der Waals surface area contributed by atoms with Crippen LogP contribution in [0.5, 0.6) is 0 Å². The molecule has 0 fully saturated rings. The second kappa shape index (κ2) is 5.69. The molecule has 0 aliphatic rings. The summed E-state index contributed by atoms with van der Waals surface area (Å²) in [5.41, 5.74) is 0.654. The van der Waals surface area contributed by atoms with E-state index in [4.69, 9.17) is 11.6 Å². The van der Waals surface area contributed by atoms with Gasteiger partial charge in [0.15, 0.2) is 0 Å². The summed E-state index contributed by atoms with van der Waals surface area (Å²) >= 11 is 7.21. The molecule has 0 unspecified atom stereocenters. The van der Waals surface area contributed by atoms with Crippen LogP contribution < -0.4 is 4.72 Å². The second-order valence-electron chi connectivity index (χ2n) is 4.24. The number of pyridine rings is 1. The molecule has 108 valence electrons. The molecular weight excluding hydrogens is 330 g/mol.